The van der Waals surface area contributed by atoms with Gasteiger partial charge in [0.2, 0.25) is 0 Å². The number of rotatable bonds is 2. The molecule has 0 aliphatic rings. The standard InChI is InChI=1S/C10H11FO3/c1-10(13,9(12)14-2)7-4-3-5-8(11)6-7/h3-6,13H,1-2H3/t10-/m0/s1. The van der Waals surface area contributed by atoms with Gasteiger partial charge in [-0.05, 0) is 24.6 Å². The molecule has 1 N–H and O–H groups in total. The van der Waals surface area contributed by atoms with Crippen LogP contribution < -0.4 is 0 Å². The second-order valence-electron chi connectivity index (χ2n) is 3.07. The number of halogens is 1. The van der Waals surface area contributed by atoms with E-state index in [1.54, 1.807) is 0 Å². The summed E-state index contributed by atoms with van der Waals surface area (Å²) in [6, 6.07) is 5.20. The van der Waals surface area contributed by atoms with E-state index in [1.165, 1.54) is 25.1 Å². The lowest BCUT2D eigenvalue weighted by Gasteiger charge is -2.20. The average Bonchev–Trinajstić information content (AvgIpc) is 2.16. The fourth-order valence-electron chi connectivity index (χ4n) is 1.11. The summed E-state index contributed by atoms with van der Waals surface area (Å²) < 4.78 is 17.2. The van der Waals surface area contributed by atoms with E-state index >= 15 is 0 Å². The first-order valence-corrected chi connectivity index (χ1v) is 4.05. The first-order chi connectivity index (χ1) is 6.48. The number of ether oxygens (including phenoxy) is 1. The van der Waals surface area contributed by atoms with Crippen molar-refractivity contribution in [3.8, 4) is 0 Å². The van der Waals surface area contributed by atoms with E-state index in [0.29, 0.717) is 0 Å². The average molecular weight is 198 g/mol. The minimum atomic E-state index is -1.81. The zero-order valence-corrected chi connectivity index (χ0v) is 7.95. The van der Waals surface area contributed by atoms with Crippen molar-refractivity contribution in [3.05, 3.63) is 35.6 Å². The van der Waals surface area contributed by atoms with Crippen LogP contribution in [-0.4, -0.2) is 18.2 Å². The summed E-state index contributed by atoms with van der Waals surface area (Å²) in [4.78, 5) is 11.2. The number of methoxy groups -OCH3 is 1. The minimum absolute atomic E-state index is 0.171. The van der Waals surface area contributed by atoms with Crippen LogP contribution in [0.15, 0.2) is 24.3 Å². The number of carbonyl (C=O) groups is 1. The van der Waals surface area contributed by atoms with Gasteiger partial charge in [-0.2, -0.15) is 0 Å². The van der Waals surface area contributed by atoms with Crippen molar-refractivity contribution in [1.29, 1.82) is 0 Å². The Hall–Kier alpha value is -1.42. The molecule has 1 rings (SSSR count). The number of hydrogen-bond donors (Lipinski definition) is 1. The van der Waals surface area contributed by atoms with Gasteiger partial charge in [0.1, 0.15) is 5.82 Å². The number of carbonyl (C=O) groups excluding carboxylic acids is 1. The third kappa shape index (κ3) is 1.90. The van der Waals surface area contributed by atoms with Crippen molar-refractivity contribution >= 4 is 5.97 Å². The van der Waals surface area contributed by atoms with E-state index in [9.17, 15) is 14.3 Å². The van der Waals surface area contributed by atoms with Gasteiger partial charge in [-0.1, -0.05) is 12.1 Å². The highest BCUT2D eigenvalue weighted by Crippen LogP contribution is 2.22. The van der Waals surface area contributed by atoms with Gasteiger partial charge in [0, 0.05) is 0 Å². The van der Waals surface area contributed by atoms with Crippen molar-refractivity contribution < 1.29 is 19.0 Å². The van der Waals surface area contributed by atoms with Crippen molar-refractivity contribution in [2.24, 2.45) is 0 Å². The van der Waals surface area contributed by atoms with Gasteiger partial charge < -0.3 is 9.84 Å². The maximum atomic E-state index is 12.8. The molecule has 0 aliphatic carbocycles. The van der Waals surface area contributed by atoms with Crippen molar-refractivity contribution in [2.75, 3.05) is 7.11 Å². The van der Waals surface area contributed by atoms with E-state index in [0.717, 1.165) is 13.2 Å². The van der Waals surface area contributed by atoms with Crippen LogP contribution >= 0.6 is 0 Å². The Kier molecular flexibility index (Phi) is 2.86. The Morgan fingerprint density at radius 1 is 1.57 bits per heavy atom. The van der Waals surface area contributed by atoms with Crippen molar-refractivity contribution in [2.45, 2.75) is 12.5 Å². The molecule has 76 valence electrons. The third-order valence-corrected chi connectivity index (χ3v) is 1.97. The van der Waals surface area contributed by atoms with E-state index < -0.39 is 17.4 Å². The quantitative estimate of drug-likeness (QED) is 0.726. The van der Waals surface area contributed by atoms with Crippen LogP contribution in [0, 0.1) is 5.82 Å². The lowest BCUT2D eigenvalue weighted by atomic mass is 9.96. The van der Waals surface area contributed by atoms with Gasteiger partial charge in [-0.15, -0.1) is 0 Å². The molecule has 0 unspecified atom stereocenters. The zero-order chi connectivity index (χ0) is 10.8. The number of hydrogen-bond acceptors (Lipinski definition) is 3. The van der Waals surface area contributed by atoms with Gasteiger partial charge in [0.15, 0.2) is 5.60 Å². The molecule has 0 heterocycles. The van der Waals surface area contributed by atoms with Gasteiger partial charge in [0.25, 0.3) is 0 Å². The smallest absolute Gasteiger partial charge is 0.342 e. The second-order valence-corrected chi connectivity index (χ2v) is 3.07. The summed E-state index contributed by atoms with van der Waals surface area (Å²) in [5.74, 6) is -1.32. The van der Waals surface area contributed by atoms with Crippen LogP contribution in [0.1, 0.15) is 12.5 Å². The first kappa shape index (κ1) is 10.7. The van der Waals surface area contributed by atoms with Crippen LogP contribution in [-0.2, 0) is 15.1 Å². The molecule has 1 aromatic carbocycles. The lowest BCUT2D eigenvalue weighted by Crippen LogP contribution is -2.33. The van der Waals surface area contributed by atoms with E-state index in [-0.39, 0.29) is 5.56 Å². The molecule has 3 nitrogen and oxygen atoms in total. The van der Waals surface area contributed by atoms with Crippen LogP contribution in [0.2, 0.25) is 0 Å². The molecule has 0 amide bonds. The van der Waals surface area contributed by atoms with Crippen molar-refractivity contribution in [3.63, 3.8) is 0 Å². The van der Waals surface area contributed by atoms with Gasteiger partial charge in [-0.25, -0.2) is 9.18 Å². The largest absolute Gasteiger partial charge is 0.467 e. The highest BCUT2D eigenvalue weighted by Gasteiger charge is 2.33. The molecule has 0 spiro atoms. The topological polar surface area (TPSA) is 46.5 Å². The summed E-state index contributed by atoms with van der Waals surface area (Å²) in [5, 5.41) is 9.74. The predicted octanol–water partition coefficient (Wildman–Crippen LogP) is 1.21. The lowest BCUT2D eigenvalue weighted by molar-refractivity contribution is -0.161. The van der Waals surface area contributed by atoms with E-state index in [2.05, 4.69) is 4.74 Å². The number of aliphatic hydroxyl groups is 1. The molecule has 1 aromatic rings. The molecule has 0 saturated carbocycles. The molecule has 1 atom stereocenters. The Morgan fingerprint density at radius 3 is 2.71 bits per heavy atom. The fourth-order valence-corrected chi connectivity index (χ4v) is 1.11. The van der Waals surface area contributed by atoms with Crippen molar-refractivity contribution in [1.82, 2.24) is 0 Å². The highest BCUT2D eigenvalue weighted by atomic mass is 19.1. The fraction of sp³-hybridized carbons (Fsp3) is 0.300. The first-order valence-electron chi connectivity index (χ1n) is 4.05. The van der Waals surface area contributed by atoms with Gasteiger partial charge in [0.05, 0.1) is 7.11 Å². The summed E-state index contributed by atoms with van der Waals surface area (Å²) >= 11 is 0. The van der Waals surface area contributed by atoms with Crippen LogP contribution in [0.5, 0.6) is 0 Å². The third-order valence-electron chi connectivity index (χ3n) is 1.97. The Labute approximate surface area is 81.1 Å². The molecule has 4 heteroatoms. The minimum Gasteiger partial charge on any atom is -0.467 e. The monoisotopic (exact) mass is 198 g/mol. The maximum absolute atomic E-state index is 12.8. The Bertz CT molecular complexity index is 347. The maximum Gasteiger partial charge on any atom is 0.342 e. The van der Waals surface area contributed by atoms with E-state index in [4.69, 9.17) is 0 Å². The highest BCUT2D eigenvalue weighted by molar-refractivity contribution is 5.80. The second kappa shape index (κ2) is 3.75. The zero-order valence-electron chi connectivity index (χ0n) is 7.95. The summed E-state index contributed by atoms with van der Waals surface area (Å²) in [6.07, 6.45) is 0. The number of esters is 1. The van der Waals surface area contributed by atoms with Crippen LogP contribution in [0.4, 0.5) is 4.39 Å². The molecule has 0 bridgehead atoms. The number of benzene rings is 1. The molecule has 0 saturated heterocycles. The molecule has 0 aromatic heterocycles. The van der Waals surface area contributed by atoms with Crippen LogP contribution in [0.25, 0.3) is 0 Å². The molecule has 0 fully saturated rings. The molecular formula is C10H11FO3. The summed E-state index contributed by atoms with van der Waals surface area (Å²) in [7, 11) is 1.16. The summed E-state index contributed by atoms with van der Waals surface area (Å²) in [6.45, 7) is 1.26. The van der Waals surface area contributed by atoms with E-state index in [1.807, 2.05) is 0 Å². The van der Waals surface area contributed by atoms with Gasteiger partial charge in [-0.3, -0.25) is 0 Å². The molecule has 0 radical (unpaired) electrons. The molecular weight excluding hydrogens is 187 g/mol. The summed E-state index contributed by atoms with van der Waals surface area (Å²) in [5.41, 5.74) is -1.64. The Balaban J connectivity index is 3.09. The molecule has 14 heavy (non-hydrogen) atoms. The molecule has 0 aliphatic heterocycles. The SMILES string of the molecule is COC(=O)[C@@](C)(O)c1cccc(F)c1. The predicted molar refractivity (Wildman–Crippen MR) is 48.0 cm³/mol. The normalized spacial score (nSPS) is 14.6. The van der Waals surface area contributed by atoms with Crippen LogP contribution in [0.3, 0.4) is 0 Å². The van der Waals surface area contributed by atoms with Gasteiger partial charge >= 0.3 is 5.97 Å². The Morgan fingerprint density at radius 2 is 2.21 bits per heavy atom.